The lowest BCUT2D eigenvalue weighted by molar-refractivity contribution is 0.0950. The van der Waals surface area contributed by atoms with E-state index in [1.54, 1.807) is 18.7 Å². The largest absolute Gasteiger partial charge is 0.346 e. The minimum atomic E-state index is -0.0994. The number of hydrogen-bond donors (Lipinski definition) is 2. The fraction of sp³-hybridized carbons (Fsp3) is 0.278. The molecule has 0 fully saturated rings. The molecule has 0 saturated heterocycles. The first-order chi connectivity index (χ1) is 11.6. The smallest absolute Gasteiger partial charge is 0.251 e. The fourth-order valence-electron chi connectivity index (χ4n) is 2.57. The highest BCUT2D eigenvalue weighted by Crippen LogP contribution is 2.18. The first-order valence-electron chi connectivity index (χ1n) is 8.00. The fourth-order valence-corrected chi connectivity index (χ4v) is 2.57. The summed E-state index contributed by atoms with van der Waals surface area (Å²) < 4.78 is 2.08. The second kappa shape index (κ2) is 7.12. The van der Waals surface area contributed by atoms with E-state index < -0.39 is 0 Å². The minimum Gasteiger partial charge on any atom is -0.346 e. The summed E-state index contributed by atoms with van der Waals surface area (Å²) in [5.74, 6) is 0.429. The van der Waals surface area contributed by atoms with E-state index in [0.717, 1.165) is 23.4 Å². The lowest BCUT2D eigenvalue weighted by atomic mass is 10.1. The molecule has 1 amide bonds. The van der Waals surface area contributed by atoms with Gasteiger partial charge in [-0.15, -0.1) is 0 Å². The van der Waals surface area contributed by atoms with Crippen LogP contribution in [0.5, 0.6) is 0 Å². The molecule has 0 aliphatic carbocycles. The van der Waals surface area contributed by atoms with Crippen LogP contribution in [0.4, 0.5) is 0 Å². The molecule has 24 heavy (non-hydrogen) atoms. The summed E-state index contributed by atoms with van der Waals surface area (Å²) in [6, 6.07) is 7.51. The monoisotopic (exact) mass is 323 g/mol. The number of carbonyl (C=O) groups excluding carboxylic acids is 1. The van der Waals surface area contributed by atoms with Gasteiger partial charge in [0, 0.05) is 30.1 Å². The summed E-state index contributed by atoms with van der Waals surface area (Å²) in [6.07, 6.45) is 7.15. The Kier molecular flexibility index (Phi) is 4.74. The number of hydrogen-bond acceptors (Lipinski definition) is 3. The maximum atomic E-state index is 12.4. The van der Waals surface area contributed by atoms with Gasteiger partial charge in [-0.2, -0.15) is 5.10 Å². The van der Waals surface area contributed by atoms with Gasteiger partial charge in [-0.25, -0.2) is 4.98 Å². The summed E-state index contributed by atoms with van der Waals surface area (Å²) in [6.45, 7) is 5.66. The third kappa shape index (κ3) is 3.71. The Bertz CT molecular complexity index is 804. The summed E-state index contributed by atoms with van der Waals surface area (Å²) in [4.78, 5) is 16.6. The van der Waals surface area contributed by atoms with Crippen molar-refractivity contribution in [2.45, 2.75) is 26.9 Å². The molecule has 0 saturated carbocycles. The molecule has 2 aromatic heterocycles. The average molecular weight is 323 g/mol. The van der Waals surface area contributed by atoms with E-state index in [1.807, 2.05) is 30.5 Å². The third-order valence-corrected chi connectivity index (χ3v) is 3.75. The van der Waals surface area contributed by atoms with E-state index in [4.69, 9.17) is 0 Å². The van der Waals surface area contributed by atoms with Gasteiger partial charge in [0.2, 0.25) is 0 Å². The standard InChI is InChI=1S/C18H21N5O/c1-13(2)11-23-12-19-9-17(23)10-20-18(24)15-5-3-4-14(6-15)16-7-21-22-8-16/h3-9,12-13H,10-11H2,1-2H3,(H,20,24)(H,21,22). The first kappa shape index (κ1) is 16.0. The Labute approximate surface area is 140 Å². The zero-order chi connectivity index (χ0) is 16.9. The molecular weight excluding hydrogens is 302 g/mol. The van der Waals surface area contributed by atoms with Crippen molar-refractivity contribution in [3.05, 3.63) is 60.4 Å². The number of benzene rings is 1. The van der Waals surface area contributed by atoms with Crippen molar-refractivity contribution in [1.29, 1.82) is 0 Å². The van der Waals surface area contributed by atoms with Crippen LogP contribution in [0.2, 0.25) is 0 Å². The van der Waals surface area contributed by atoms with Gasteiger partial charge in [0.25, 0.3) is 5.91 Å². The molecule has 0 spiro atoms. The maximum Gasteiger partial charge on any atom is 0.251 e. The van der Waals surface area contributed by atoms with Crippen LogP contribution in [0.25, 0.3) is 11.1 Å². The highest BCUT2D eigenvalue weighted by atomic mass is 16.1. The van der Waals surface area contributed by atoms with Crippen LogP contribution in [0, 0.1) is 5.92 Å². The Hall–Kier alpha value is -2.89. The van der Waals surface area contributed by atoms with Crippen LogP contribution < -0.4 is 5.32 Å². The SMILES string of the molecule is CC(C)Cn1cncc1CNC(=O)c1cccc(-c2cn[nH]c2)c1. The predicted molar refractivity (Wildman–Crippen MR) is 92.3 cm³/mol. The van der Waals surface area contributed by atoms with Crippen LogP contribution in [0.3, 0.4) is 0 Å². The number of carbonyl (C=O) groups is 1. The molecule has 0 bridgehead atoms. The van der Waals surface area contributed by atoms with Crippen molar-refractivity contribution in [2.24, 2.45) is 5.92 Å². The number of aromatic amines is 1. The van der Waals surface area contributed by atoms with Gasteiger partial charge < -0.3 is 9.88 Å². The number of amides is 1. The number of H-pyrrole nitrogens is 1. The van der Waals surface area contributed by atoms with Crippen molar-refractivity contribution >= 4 is 5.91 Å². The molecule has 2 heterocycles. The highest BCUT2D eigenvalue weighted by Gasteiger charge is 2.10. The maximum absolute atomic E-state index is 12.4. The average Bonchev–Trinajstić information content (AvgIpc) is 3.24. The molecule has 0 radical (unpaired) electrons. The Morgan fingerprint density at radius 1 is 1.29 bits per heavy atom. The molecule has 0 atom stereocenters. The lowest BCUT2D eigenvalue weighted by Crippen LogP contribution is -2.24. The molecule has 1 aromatic carbocycles. The number of rotatable bonds is 6. The van der Waals surface area contributed by atoms with Gasteiger partial charge in [-0.05, 0) is 23.6 Å². The Balaban J connectivity index is 1.68. The van der Waals surface area contributed by atoms with Crippen molar-refractivity contribution < 1.29 is 4.79 Å². The van der Waals surface area contributed by atoms with Crippen molar-refractivity contribution in [3.8, 4) is 11.1 Å². The van der Waals surface area contributed by atoms with E-state index in [1.165, 1.54) is 0 Å². The number of imidazole rings is 1. The second-order valence-corrected chi connectivity index (χ2v) is 6.18. The van der Waals surface area contributed by atoms with E-state index in [0.29, 0.717) is 18.0 Å². The van der Waals surface area contributed by atoms with Gasteiger partial charge in [0.05, 0.1) is 24.8 Å². The molecule has 2 N–H and O–H groups in total. The quantitative estimate of drug-likeness (QED) is 0.732. The second-order valence-electron chi connectivity index (χ2n) is 6.18. The molecule has 6 heteroatoms. The van der Waals surface area contributed by atoms with Gasteiger partial charge in [-0.3, -0.25) is 9.89 Å². The van der Waals surface area contributed by atoms with Gasteiger partial charge in [-0.1, -0.05) is 26.0 Å². The van der Waals surface area contributed by atoms with Gasteiger partial charge in [0.15, 0.2) is 0 Å². The summed E-state index contributed by atoms with van der Waals surface area (Å²) in [7, 11) is 0. The van der Waals surface area contributed by atoms with E-state index in [9.17, 15) is 4.79 Å². The first-order valence-corrected chi connectivity index (χ1v) is 8.00. The number of aromatic nitrogens is 4. The zero-order valence-electron chi connectivity index (χ0n) is 13.9. The number of nitrogens with one attached hydrogen (secondary N) is 2. The van der Waals surface area contributed by atoms with E-state index in [2.05, 4.69) is 38.9 Å². The molecule has 0 aliphatic rings. The third-order valence-electron chi connectivity index (χ3n) is 3.75. The summed E-state index contributed by atoms with van der Waals surface area (Å²) >= 11 is 0. The summed E-state index contributed by atoms with van der Waals surface area (Å²) in [5.41, 5.74) is 3.55. The van der Waals surface area contributed by atoms with Crippen molar-refractivity contribution in [3.63, 3.8) is 0 Å². The molecule has 6 nitrogen and oxygen atoms in total. The van der Waals surface area contributed by atoms with E-state index in [-0.39, 0.29) is 5.91 Å². The number of nitrogens with zero attached hydrogens (tertiary/aromatic N) is 3. The Morgan fingerprint density at radius 2 is 2.17 bits per heavy atom. The van der Waals surface area contributed by atoms with E-state index >= 15 is 0 Å². The van der Waals surface area contributed by atoms with Crippen LogP contribution in [-0.2, 0) is 13.1 Å². The van der Waals surface area contributed by atoms with Crippen LogP contribution in [0.15, 0.2) is 49.2 Å². The predicted octanol–water partition coefficient (Wildman–Crippen LogP) is 2.86. The molecule has 124 valence electrons. The molecule has 3 rings (SSSR count). The van der Waals surface area contributed by atoms with Crippen molar-refractivity contribution in [1.82, 2.24) is 25.1 Å². The lowest BCUT2D eigenvalue weighted by Gasteiger charge is -2.11. The molecule has 0 unspecified atom stereocenters. The molecule has 3 aromatic rings. The zero-order valence-corrected chi connectivity index (χ0v) is 13.9. The molecule has 0 aliphatic heterocycles. The van der Waals surface area contributed by atoms with Crippen molar-refractivity contribution in [2.75, 3.05) is 0 Å². The van der Waals surface area contributed by atoms with Gasteiger partial charge >= 0.3 is 0 Å². The van der Waals surface area contributed by atoms with Gasteiger partial charge in [0.1, 0.15) is 0 Å². The minimum absolute atomic E-state index is 0.0994. The van der Waals surface area contributed by atoms with Crippen LogP contribution in [0.1, 0.15) is 29.9 Å². The Morgan fingerprint density at radius 3 is 2.92 bits per heavy atom. The molecular formula is C18H21N5O. The van der Waals surface area contributed by atoms with Crippen LogP contribution >= 0.6 is 0 Å². The topological polar surface area (TPSA) is 75.6 Å². The van der Waals surface area contributed by atoms with Crippen LogP contribution in [-0.4, -0.2) is 25.7 Å². The summed E-state index contributed by atoms with van der Waals surface area (Å²) in [5, 5.41) is 9.69. The highest BCUT2D eigenvalue weighted by molar-refractivity contribution is 5.95. The normalized spacial score (nSPS) is 11.0.